The minimum Gasteiger partial charge on any atom is -0.382 e. The van der Waals surface area contributed by atoms with E-state index in [1.165, 1.54) is 21.3 Å². The highest BCUT2D eigenvalue weighted by atomic mass is 16.8. The molecule has 20 aliphatic rings. The lowest BCUT2D eigenvalue weighted by Gasteiger charge is -2.53. The molecule has 25 rings (SSSR count). The predicted octanol–water partition coefficient (Wildman–Crippen LogP) is 10.9. The Morgan fingerprint density at radius 2 is 0.423 bits per heavy atom. The van der Waals surface area contributed by atoms with Crippen molar-refractivity contribution in [3.05, 3.63) is 177 Å². The second-order valence-electron chi connectivity index (χ2n) is 39.0. The van der Waals surface area contributed by atoms with Gasteiger partial charge in [-0.25, -0.2) is 0 Å². The van der Waals surface area contributed by atoms with Crippen LogP contribution in [0.5, 0.6) is 0 Å². The zero-order valence-corrected chi connectivity index (χ0v) is 81.4. The van der Waals surface area contributed by atoms with Crippen molar-refractivity contribution in [1.82, 2.24) is 0 Å². The summed E-state index contributed by atoms with van der Waals surface area (Å²) in [5, 5.41) is 0. The molecule has 5 aromatic carbocycles. The normalized spacial score (nSPS) is 35.9. The number of ether oxygens (including phenoxy) is 30. The maximum atomic E-state index is 8.32. The van der Waals surface area contributed by atoms with Crippen molar-refractivity contribution < 1.29 is 142 Å². The number of fused-ring (bicyclic) bond motifs is 2. The highest BCUT2D eigenvalue weighted by Gasteiger charge is 2.63. The molecule has 19 saturated heterocycles. The molecule has 0 saturated carbocycles. The van der Waals surface area contributed by atoms with Crippen LogP contribution in [0.4, 0.5) is 0 Å². The Hall–Kier alpha value is -5.10. The first-order valence-electron chi connectivity index (χ1n) is 45.2. The maximum absolute atomic E-state index is 8.32. The summed E-state index contributed by atoms with van der Waals surface area (Å²) >= 11 is 0. The molecule has 0 aliphatic carbocycles. The standard InChI is InChI=1S/C100H146O30/c1-95(2,3)55-32-40-59(41-33-55)99(60-42-34-56(35-43-60)96(4,5)6)63-30-29-31-64(48-63)100(61-44-36-57(37-45-61)97(7,8)9,62-46-38-58(39-47-62)98(10,11)12)118-54-70-76-82(110-22)87(115-27)93(123-70)128-74-68(52-104-16)121-91(85(113-25)80(74)108-20)126-72-66(50-102-14)119-89(83(111-23)78(72)106-18)125-71-65(49-101-13)120-90(84(112-24)77(71)105-17)127-73-67(51-103-15)122-92(86(114-26)79(73)107-19)129-75-69(53-117-99)124-94(130-76)88(116-28)81(75)109-21/h29-48,65-94H,49-54H2,1-28H3/t65-,66-,67-,68-,69-,70-,71-,72-,73-,74-,75-,76-,77+,78+,79+,80+,81+,82+,83-,84-,85-,86-,87-,88-,89-,90-,91-,92-,93-,94-/m1/s1. The summed E-state index contributed by atoms with van der Waals surface area (Å²) in [4.78, 5) is 0. The Bertz CT molecular complexity index is 4150. The summed E-state index contributed by atoms with van der Waals surface area (Å²) in [5.41, 5.74) is 4.91. The first-order valence-corrected chi connectivity index (χ1v) is 45.2. The van der Waals surface area contributed by atoms with E-state index in [0.29, 0.717) is 0 Å². The van der Waals surface area contributed by atoms with Crippen LogP contribution in [0.1, 0.15) is 139 Å². The van der Waals surface area contributed by atoms with Crippen LogP contribution in [0, 0.1) is 0 Å². The molecule has 5 aromatic rings. The molecule has 0 aromatic heterocycles. The van der Waals surface area contributed by atoms with Crippen LogP contribution in [0.3, 0.4) is 0 Å². The lowest BCUT2D eigenvalue weighted by molar-refractivity contribution is -0.410. The largest absolute Gasteiger partial charge is 0.382 e. The first-order chi connectivity index (χ1) is 62.2. The molecule has 0 amide bonds. The van der Waals surface area contributed by atoms with Gasteiger partial charge >= 0.3 is 0 Å². The minimum atomic E-state index is -1.55. The van der Waals surface area contributed by atoms with E-state index < -0.39 is 195 Å². The van der Waals surface area contributed by atoms with Crippen LogP contribution in [0.15, 0.2) is 121 Å². The fourth-order valence-electron chi connectivity index (χ4n) is 20.1. The summed E-state index contributed by atoms with van der Waals surface area (Å²) in [6.45, 7) is 25.7. The quantitative estimate of drug-likeness (QED) is 0.0555. The van der Waals surface area contributed by atoms with Crippen molar-refractivity contribution in [1.29, 1.82) is 0 Å². The second kappa shape index (κ2) is 43.7. The minimum absolute atomic E-state index is 0.0451. The van der Waals surface area contributed by atoms with Crippen molar-refractivity contribution >= 4 is 0 Å². The van der Waals surface area contributed by atoms with E-state index in [-0.39, 0.29) is 61.3 Å². The van der Waals surface area contributed by atoms with Crippen molar-refractivity contribution in [2.75, 3.05) is 153 Å². The second-order valence-corrected chi connectivity index (χ2v) is 39.0. The van der Waals surface area contributed by atoms with E-state index in [2.05, 4.69) is 204 Å². The molecule has 726 valence electrons. The molecule has 0 spiro atoms. The third-order valence-electron chi connectivity index (χ3n) is 27.1. The van der Waals surface area contributed by atoms with Gasteiger partial charge in [0.2, 0.25) is 0 Å². The Morgan fingerprint density at radius 1 is 0.231 bits per heavy atom. The van der Waals surface area contributed by atoms with Crippen LogP contribution in [-0.2, 0) is 175 Å². The van der Waals surface area contributed by atoms with Gasteiger partial charge in [-0.3, -0.25) is 0 Å². The summed E-state index contributed by atoms with van der Waals surface area (Å²) < 4.78 is 209. The fraction of sp³-hybridized carbons (Fsp3) is 0.700. The summed E-state index contributed by atoms with van der Waals surface area (Å²) in [5.74, 6) is 0. The smallest absolute Gasteiger partial charge is 0.187 e. The Kier molecular flexibility index (Phi) is 34.4. The van der Waals surface area contributed by atoms with Gasteiger partial charge in [0, 0.05) is 114 Å². The van der Waals surface area contributed by atoms with E-state index in [4.69, 9.17) is 142 Å². The summed E-state index contributed by atoms with van der Waals surface area (Å²) in [6.07, 6.45) is -33.8. The van der Waals surface area contributed by atoms with Crippen molar-refractivity contribution in [3.63, 3.8) is 0 Å². The Balaban J connectivity index is 1.08. The highest BCUT2D eigenvalue weighted by molar-refractivity contribution is 5.55. The fourth-order valence-corrected chi connectivity index (χ4v) is 20.1. The van der Waals surface area contributed by atoms with Crippen molar-refractivity contribution in [2.24, 2.45) is 0 Å². The number of benzene rings is 5. The van der Waals surface area contributed by atoms with Crippen LogP contribution >= 0.6 is 0 Å². The number of hydrogen-bond donors (Lipinski definition) is 0. The average Bonchev–Trinajstić information content (AvgIpc) is 1.21. The van der Waals surface area contributed by atoms with E-state index >= 15 is 0 Å². The average molecular weight is 1830 g/mol. The Labute approximate surface area is 769 Å². The molecular weight excluding hydrogens is 1680 g/mol. The van der Waals surface area contributed by atoms with Gasteiger partial charge in [0.1, 0.15) is 158 Å². The van der Waals surface area contributed by atoms with Gasteiger partial charge in [0.15, 0.2) is 37.7 Å². The van der Waals surface area contributed by atoms with Crippen LogP contribution in [-0.4, -0.2) is 338 Å². The molecule has 16 bridgehead atoms. The van der Waals surface area contributed by atoms with Gasteiger partial charge in [0.25, 0.3) is 0 Å². The predicted molar refractivity (Wildman–Crippen MR) is 477 cm³/mol. The van der Waals surface area contributed by atoms with E-state index in [9.17, 15) is 0 Å². The van der Waals surface area contributed by atoms with Crippen LogP contribution < -0.4 is 0 Å². The summed E-state index contributed by atoms with van der Waals surface area (Å²) in [7, 11) is 24.8. The topological polar surface area (TPSA) is 277 Å². The van der Waals surface area contributed by atoms with E-state index in [1.54, 1.807) is 92.4 Å². The molecule has 0 radical (unpaired) electrons. The van der Waals surface area contributed by atoms with Gasteiger partial charge in [-0.15, -0.1) is 0 Å². The molecule has 20 aliphatic heterocycles. The molecule has 0 N–H and O–H groups in total. The molecule has 30 atom stereocenters. The molecule has 30 heteroatoms. The molecule has 30 nitrogen and oxygen atoms in total. The third kappa shape index (κ3) is 20.7. The number of methoxy groups -OCH3 is 16. The SMILES string of the molecule is COC[C@H]1O[C@@H]2O[C@H]3[C@H](OC)[C@@H](OC)[C@@H](O[C@H]4[C@H](OC)[C@@H](OC)[C@H]5O[C@H]6[C@H](OC)[C@@H](OC)[C@@H](O[C@H]7[C@H](OC)[C@@H](OC)[C@@H](O[C@H]8[C@H](OC)[C@@H](OC)[C@@H](O[C@H]1[C@H](OC)[C@H]2OC)O[C@@H]8COC)O[C@@H]7COC)O[C@@H]6COC(c1ccc(C(C)(C)C)cc1)(c1ccc(C(C)(C)C)cc1)c1cccc(c1)C(c1ccc(C(C)(C)C)cc1)(c1ccc(C(C)(C)C)cc1)OC[C@H]4O5)O[C@@H]3COC. The van der Waals surface area contributed by atoms with Gasteiger partial charge in [-0.05, 0) is 83.4 Å². The van der Waals surface area contributed by atoms with Gasteiger partial charge in [-0.2, -0.15) is 0 Å². The molecular formula is C100H146O30. The lowest BCUT2D eigenvalue weighted by atomic mass is 9.73. The number of rotatable bonds is 24. The van der Waals surface area contributed by atoms with E-state index in [1.807, 2.05) is 0 Å². The zero-order valence-electron chi connectivity index (χ0n) is 81.4. The summed E-state index contributed by atoms with van der Waals surface area (Å²) in [6, 6.07) is 43.3. The van der Waals surface area contributed by atoms with Gasteiger partial charge in [-0.1, -0.05) is 198 Å². The number of hydrogen-bond acceptors (Lipinski definition) is 30. The monoisotopic (exact) mass is 1830 g/mol. The van der Waals surface area contributed by atoms with Crippen LogP contribution in [0.25, 0.3) is 0 Å². The van der Waals surface area contributed by atoms with Gasteiger partial charge in [0.05, 0.1) is 39.6 Å². The molecule has 19 fully saturated rings. The van der Waals surface area contributed by atoms with Crippen molar-refractivity contribution in [3.8, 4) is 0 Å². The zero-order chi connectivity index (χ0) is 93.7. The molecule has 20 heterocycles. The van der Waals surface area contributed by atoms with Crippen molar-refractivity contribution in [2.45, 2.75) is 300 Å². The highest BCUT2D eigenvalue weighted by Crippen LogP contribution is 2.51. The molecule has 130 heavy (non-hydrogen) atoms. The van der Waals surface area contributed by atoms with Gasteiger partial charge < -0.3 is 142 Å². The van der Waals surface area contributed by atoms with Crippen LogP contribution in [0.2, 0.25) is 0 Å². The van der Waals surface area contributed by atoms with E-state index in [0.717, 1.165) is 55.6 Å². The third-order valence-corrected chi connectivity index (χ3v) is 27.1. The first kappa shape index (κ1) is 102. The lowest BCUT2D eigenvalue weighted by Crippen LogP contribution is -2.70. The Morgan fingerprint density at radius 3 is 0.615 bits per heavy atom. The maximum Gasteiger partial charge on any atom is 0.187 e. The molecule has 0 unspecified atom stereocenters.